The molecule has 1 atom stereocenters. The summed E-state index contributed by atoms with van der Waals surface area (Å²) in [5.41, 5.74) is -1.01. The number of alkyl halides is 3. The first-order valence-corrected chi connectivity index (χ1v) is 9.28. The Hall–Kier alpha value is -2.36. The topological polar surface area (TPSA) is 53.1 Å². The zero-order valence-corrected chi connectivity index (χ0v) is 16.2. The maximum atomic E-state index is 13.8. The Morgan fingerprint density at radius 2 is 1.86 bits per heavy atom. The van der Waals surface area contributed by atoms with Gasteiger partial charge in [-0.2, -0.15) is 13.2 Å². The third-order valence-corrected chi connectivity index (χ3v) is 5.22. The number of carbonyl (C=O) groups is 2. The van der Waals surface area contributed by atoms with Crippen LogP contribution in [0.2, 0.25) is 0 Å². The fraction of sp³-hybridized carbons (Fsp3) is 0.579. The summed E-state index contributed by atoms with van der Waals surface area (Å²) in [5.74, 6) is -1.16. The van der Waals surface area contributed by atoms with Crippen LogP contribution < -0.4 is 0 Å². The number of likely N-dealkylation sites (tertiary alicyclic amines) is 2. The molecule has 2 fully saturated rings. The van der Waals surface area contributed by atoms with Gasteiger partial charge in [-0.05, 0) is 18.6 Å². The summed E-state index contributed by atoms with van der Waals surface area (Å²) in [7, 11) is 3.37. The third kappa shape index (κ3) is 4.80. The van der Waals surface area contributed by atoms with Crippen molar-refractivity contribution in [1.29, 1.82) is 0 Å². The van der Waals surface area contributed by atoms with Crippen molar-refractivity contribution in [2.45, 2.75) is 25.3 Å². The van der Waals surface area contributed by atoms with Gasteiger partial charge in [0, 0.05) is 32.7 Å². The highest BCUT2D eigenvalue weighted by Crippen LogP contribution is 2.30. The minimum Gasteiger partial charge on any atom is -0.370 e. The zero-order chi connectivity index (χ0) is 21.3. The molecule has 6 nitrogen and oxygen atoms in total. The number of benzene rings is 1. The molecule has 0 aromatic heterocycles. The van der Waals surface area contributed by atoms with E-state index in [2.05, 4.69) is 0 Å². The van der Waals surface area contributed by atoms with Gasteiger partial charge < -0.3 is 19.4 Å². The molecule has 1 unspecified atom stereocenters. The number of halogens is 4. The van der Waals surface area contributed by atoms with Crippen LogP contribution >= 0.6 is 0 Å². The maximum Gasteiger partial charge on any atom is 0.416 e. The Kier molecular flexibility index (Phi) is 6.02. The number of hydrogen-bond donors (Lipinski definition) is 0. The van der Waals surface area contributed by atoms with Gasteiger partial charge in [-0.15, -0.1) is 0 Å². The van der Waals surface area contributed by atoms with Crippen molar-refractivity contribution in [1.82, 2.24) is 14.7 Å². The highest BCUT2D eigenvalue weighted by Gasteiger charge is 2.38. The minimum atomic E-state index is -4.60. The van der Waals surface area contributed by atoms with Crippen molar-refractivity contribution in [3.05, 3.63) is 35.1 Å². The number of carbonyl (C=O) groups excluding carboxylic acids is 2. The van der Waals surface area contributed by atoms with Crippen molar-refractivity contribution < 1.29 is 31.9 Å². The van der Waals surface area contributed by atoms with Gasteiger partial charge in [0.15, 0.2) is 0 Å². The van der Waals surface area contributed by atoms with E-state index in [0.717, 1.165) is 12.1 Å². The first-order chi connectivity index (χ1) is 13.6. The summed E-state index contributed by atoms with van der Waals surface area (Å²) in [6.07, 6.45) is -4.27. The van der Waals surface area contributed by atoms with Gasteiger partial charge in [-0.3, -0.25) is 4.79 Å². The molecule has 2 aliphatic rings. The molecule has 29 heavy (non-hydrogen) atoms. The largest absolute Gasteiger partial charge is 0.416 e. The molecule has 3 rings (SSSR count). The molecule has 0 bridgehead atoms. The number of ether oxygens (including phenoxy) is 1. The van der Waals surface area contributed by atoms with E-state index in [1.54, 1.807) is 23.9 Å². The average molecular weight is 417 g/mol. The minimum absolute atomic E-state index is 0.00341. The third-order valence-electron chi connectivity index (χ3n) is 5.22. The standard InChI is InChI=1S/C19H23F4N3O3/c1-24(2)17(27)12-5-6-25(8-12)18(28)26-9-15(10-26)29-11-13-3-4-14(7-16(13)20)19(21,22)23/h3-4,7,12,15H,5-6,8-11H2,1-2H3. The summed E-state index contributed by atoms with van der Waals surface area (Å²) < 4.78 is 57.1. The summed E-state index contributed by atoms with van der Waals surface area (Å²) >= 11 is 0. The number of rotatable bonds is 4. The number of urea groups is 1. The Morgan fingerprint density at radius 1 is 1.17 bits per heavy atom. The lowest BCUT2D eigenvalue weighted by molar-refractivity contribution is -0.137. The molecule has 0 spiro atoms. The van der Waals surface area contributed by atoms with Crippen LogP contribution in [-0.4, -0.2) is 73.0 Å². The van der Waals surface area contributed by atoms with E-state index in [-0.39, 0.29) is 36.1 Å². The number of amides is 3. The second-order valence-corrected chi connectivity index (χ2v) is 7.59. The second kappa shape index (κ2) is 8.17. The Labute approximate surface area is 166 Å². The van der Waals surface area contributed by atoms with E-state index in [1.807, 2.05) is 0 Å². The smallest absolute Gasteiger partial charge is 0.370 e. The lowest BCUT2D eigenvalue weighted by Crippen LogP contribution is -2.58. The molecule has 1 aromatic rings. The first-order valence-electron chi connectivity index (χ1n) is 9.28. The van der Waals surface area contributed by atoms with Crippen molar-refractivity contribution in [3.63, 3.8) is 0 Å². The quantitative estimate of drug-likeness (QED) is 0.708. The molecule has 10 heteroatoms. The molecule has 2 saturated heterocycles. The second-order valence-electron chi connectivity index (χ2n) is 7.59. The van der Waals surface area contributed by atoms with Gasteiger partial charge in [0.25, 0.3) is 0 Å². The van der Waals surface area contributed by atoms with E-state index in [9.17, 15) is 27.2 Å². The molecule has 0 aliphatic carbocycles. The molecule has 160 valence electrons. The Bertz CT molecular complexity index is 778. The van der Waals surface area contributed by atoms with Crippen molar-refractivity contribution in [2.24, 2.45) is 5.92 Å². The normalized spacial score (nSPS) is 20.0. The first kappa shape index (κ1) is 21.4. The predicted molar refractivity (Wildman–Crippen MR) is 95.3 cm³/mol. The Balaban J connectivity index is 1.44. The summed E-state index contributed by atoms with van der Waals surface area (Å²) in [6, 6.07) is 2.16. The van der Waals surface area contributed by atoms with Gasteiger partial charge in [0.05, 0.1) is 37.3 Å². The van der Waals surface area contributed by atoms with Crippen LogP contribution in [0.15, 0.2) is 18.2 Å². The van der Waals surface area contributed by atoms with E-state index in [0.29, 0.717) is 38.7 Å². The van der Waals surface area contributed by atoms with Crippen LogP contribution in [0, 0.1) is 11.7 Å². The summed E-state index contributed by atoms with van der Waals surface area (Å²) in [6.45, 7) is 1.38. The van der Waals surface area contributed by atoms with Crippen LogP contribution in [0.5, 0.6) is 0 Å². The lowest BCUT2D eigenvalue weighted by Gasteiger charge is -2.40. The molecular formula is C19H23F4N3O3. The average Bonchev–Trinajstić information content (AvgIpc) is 3.09. The Morgan fingerprint density at radius 3 is 2.45 bits per heavy atom. The molecule has 0 saturated carbocycles. The molecular weight excluding hydrogens is 394 g/mol. The van der Waals surface area contributed by atoms with Gasteiger partial charge >= 0.3 is 12.2 Å². The predicted octanol–water partition coefficient (Wildman–Crippen LogP) is 2.58. The van der Waals surface area contributed by atoms with Gasteiger partial charge in [0.2, 0.25) is 5.91 Å². The van der Waals surface area contributed by atoms with Crippen molar-refractivity contribution >= 4 is 11.9 Å². The summed E-state index contributed by atoms with van der Waals surface area (Å²) in [4.78, 5) is 29.2. The van der Waals surface area contributed by atoms with Crippen molar-refractivity contribution in [3.8, 4) is 0 Å². The van der Waals surface area contributed by atoms with Gasteiger partial charge in [0.1, 0.15) is 5.82 Å². The fourth-order valence-corrected chi connectivity index (χ4v) is 3.45. The van der Waals surface area contributed by atoms with E-state index >= 15 is 0 Å². The highest BCUT2D eigenvalue weighted by molar-refractivity contribution is 5.81. The molecule has 0 radical (unpaired) electrons. The maximum absolute atomic E-state index is 13.8. The monoisotopic (exact) mass is 417 g/mol. The fourth-order valence-electron chi connectivity index (χ4n) is 3.45. The van der Waals surface area contributed by atoms with Crippen LogP contribution in [0.25, 0.3) is 0 Å². The van der Waals surface area contributed by atoms with Crippen molar-refractivity contribution in [2.75, 3.05) is 40.3 Å². The highest BCUT2D eigenvalue weighted by atomic mass is 19.4. The molecule has 2 heterocycles. The lowest BCUT2D eigenvalue weighted by atomic mass is 10.1. The van der Waals surface area contributed by atoms with E-state index in [4.69, 9.17) is 4.74 Å². The van der Waals surface area contributed by atoms with E-state index < -0.39 is 17.6 Å². The molecule has 2 aliphatic heterocycles. The van der Waals surface area contributed by atoms with E-state index in [1.165, 1.54) is 4.90 Å². The van der Waals surface area contributed by atoms with Gasteiger partial charge in [-0.1, -0.05) is 6.07 Å². The SMILES string of the molecule is CN(C)C(=O)C1CCN(C(=O)N2CC(OCc3ccc(C(F)(F)F)cc3F)C2)C1. The number of hydrogen-bond acceptors (Lipinski definition) is 3. The molecule has 0 N–H and O–H groups in total. The zero-order valence-electron chi connectivity index (χ0n) is 16.2. The summed E-state index contributed by atoms with van der Waals surface area (Å²) in [5, 5.41) is 0. The van der Waals surface area contributed by atoms with Crippen LogP contribution in [0.1, 0.15) is 17.5 Å². The molecule has 3 amide bonds. The van der Waals surface area contributed by atoms with Crippen LogP contribution in [-0.2, 0) is 22.3 Å². The number of nitrogens with zero attached hydrogens (tertiary/aromatic N) is 3. The van der Waals surface area contributed by atoms with Crippen LogP contribution in [0.4, 0.5) is 22.4 Å². The van der Waals surface area contributed by atoms with Crippen LogP contribution in [0.3, 0.4) is 0 Å². The molecule has 1 aromatic carbocycles. The van der Waals surface area contributed by atoms with Gasteiger partial charge in [-0.25, -0.2) is 9.18 Å².